The van der Waals surface area contributed by atoms with Crippen molar-refractivity contribution in [1.82, 2.24) is 4.57 Å². The molecule has 1 aromatic heterocycles. The third-order valence-electron chi connectivity index (χ3n) is 6.63. The number of nitrogens with zero attached hydrogens (tertiary/aromatic N) is 3. The van der Waals surface area contributed by atoms with Crippen LogP contribution in [-0.2, 0) is 16.1 Å². The number of esters is 1. The second-order valence-corrected chi connectivity index (χ2v) is 10.6. The average Bonchev–Trinajstić information content (AvgIpc) is 3.29. The summed E-state index contributed by atoms with van der Waals surface area (Å²) in [5.74, 6) is 0.328. The number of rotatable bonds is 8. The number of hydrogen-bond donors (Lipinski definition) is 0. The molecule has 4 aromatic rings. The van der Waals surface area contributed by atoms with Crippen molar-refractivity contribution in [3.8, 4) is 11.5 Å². The first-order valence-corrected chi connectivity index (χ1v) is 13.8. The van der Waals surface area contributed by atoms with E-state index < -0.39 is 22.5 Å². The van der Waals surface area contributed by atoms with Crippen molar-refractivity contribution >= 4 is 40.7 Å². The van der Waals surface area contributed by atoms with Crippen molar-refractivity contribution in [3.05, 3.63) is 130 Å². The maximum atomic E-state index is 13.9. The SMILES string of the molecule is COC(=O)C1=C(C)N=c2sc(=Cc3ccc(OC)c(OCc4ccccc4)c3)c(=O)n2C1c1ccc(Cl)c([N+](=O)[O-])c1. The summed E-state index contributed by atoms with van der Waals surface area (Å²) >= 11 is 7.18. The Morgan fingerprint density at radius 2 is 1.88 bits per heavy atom. The van der Waals surface area contributed by atoms with E-state index >= 15 is 0 Å². The summed E-state index contributed by atoms with van der Waals surface area (Å²) in [6.07, 6.45) is 1.69. The van der Waals surface area contributed by atoms with Gasteiger partial charge in [-0.15, -0.1) is 0 Å². The average molecular weight is 606 g/mol. The highest BCUT2D eigenvalue weighted by Crippen LogP contribution is 2.35. The second-order valence-electron chi connectivity index (χ2n) is 9.23. The van der Waals surface area contributed by atoms with E-state index in [9.17, 15) is 19.7 Å². The van der Waals surface area contributed by atoms with Crippen molar-refractivity contribution in [1.29, 1.82) is 0 Å². The molecule has 2 heterocycles. The maximum Gasteiger partial charge on any atom is 0.338 e. The number of allylic oxidation sites excluding steroid dienone is 1. The number of fused-ring (bicyclic) bond motifs is 1. The van der Waals surface area contributed by atoms with E-state index in [1.54, 1.807) is 44.4 Å². The number of thiazole rings is 1. The van der Waals surface area contributed by atoms with Crippen LogP contribution in [0.3, 0.4) is 0 Å². The number of halogens is 1. The predicted octanol–water partition coefficient (Wildman–Crippen LogP) is 4.56. The minimum Gasteiger partial charge on any atom is -0.493 e. The molecule has 1 aliphatic rings. The number of hydrogen-bond acceptors (Lipinski definition) is 9. The lowest BCUT2D eigenvalue weighted by molar-refractivity contribution is -0.384. The zero-order chi connectivity index (χ0) is 30.0. The van der Waals surface area contributed by atoms with Gasteiger partial charge in [0, 0.05) is 6.07 Å². The molecule has 0 N–H and O–H groups in total. The molecule has 10 nitrogen and oxygen atoms in total. The molecule has 0 amide bonds. The molecule has 12 heteroatoms. The molecule has 0 bridgehead atoms. The van der Waals surface area contributed by atoms with E-state index in [0.29, 0.717) is 44.3 Å². The Bertz CT molecular complexity index is 1920. The number of ether oxygens (including phenoxy) is 3. The number of aromatic nitrogens is 1. The number of carbonyl (C=O) groups excluding carboxylic acids is 1. The molecular weight excluding hydrogens is 582 g/mol. The van der Waals surface area contributed by atoms with Gasteiger partial charge in [0.25, 0.3) is 11.2 Å². The summed E-state index contributed by atoms with van der Waals surface area (Å²) in [6, 6.07) is 18.1. The molecule has 5 rings (SSSR count). The van der Waals surface area contributed by atoms with Crippen LogP contribution in [0, 0.1) is 10.1 Å². The first-order chi connectivity index (χ1) is 20.2. The van der Waals surface area contributed by atoms with E-state index in [-0.39, 0.29) is 16.3 Å². The van der Waals surface area contributed by atoms with Crippen LogP contribution < -0.4 is 24.4 Å². The minimum atomic E-state index is -1.02. The fourth-order valence-corrected chi connectivity index (χ4v) is 5.86. The van der Waals surface area contributed by atoms with Gasteiger partial charge < -0.3 is 14.2 Å². The predicted molar refractivity (Wildman–Crippen MR) is 158 cm³/mol. The van der Waals surface area contributed by atoms with Gasteiger partial charge in [0.05, 0.1) is 41.0 Å². The first-order valence-electron chi connectivity index (χ1n) is 12.6. The lowest BCUT2D eigenvalue weighted by atomic mass is 9.95. The van der Waals surface area contributed by atoms with Gasteiger partial charge in [-0.1, -0.05) is 65.4 Å². The molecule has 0 fully saturated rings. The summed E-state index contributed by atoms with van der Waals surface area (Å²) in [4.78, 5) is 42.6. The van der Waals surface area contributed by atoms with E-state index in [1.165, 1.54) is 23.8 Å². The molecule has 42 heavy (non-hydrogen) atoms. The Morgan fingerprint density at radius 1 is 1.12 bits per heavy atom. The number of benzene rings is 3. The normalized spacial score (nSPS) is 14.7. The van der Waals surface area contributed by atoms with Crippen molar-refractivity contribution in [2.45, 2.75) is 19.6 Å². The fraction of sp³-hybridized carbons (Fsp3) is 0.167. The van der Waals surface area contributed by atoms with Crippen molar-refractivity contribution < 1.29 is 23.9 Å². The smallest absolute Gasteiger partial charge is 0.338 e. The fourth-order valence-electron chi connectivity index (χ4n) is 4.63. The summed E-state index contributed by atoms with van der Waals surface area (Å²) < 4.78 is 18.2. The third kappa shape index (κ3) is 5.56. The largest absolute Gasteiger partial charge is 0.493 e. The number of carbonyl (C=O) groups is 1. The van der Waals surface area contributed by atoms with Crippen LogP contribution in [0.1, 0.15) is 29.7 Å². The van der Waals surface area contributed by atoms with E-state index in [2.05, 4.69) is 4.99 Å². The molecule has 1 unspecified atom stereocenters. The summed E-state index contributed by atoms with van der Waals surface area (Å²) in [6.45, 7) is 1.95. The maximum absolute atomic E-state index is 13.9. The molecule has 3 aromatic carbocycles. The molecule has 0 radical (unpaired) electrons. The van der Waals surface area contributed by atoms with Crippen molar-refractivity contribution in [2.75, 3.05) is 14.2 Å². The van der Waals surface area contributed by atoms with Crippen LogP contribution >= 0.6 is 22.9 Å². The Morgan fingerprint density at radius 3 is 2.57 bits per heavy atom. The number of methoxy groups -OCH3 is 2. The number of nitro groups is 1. The monoisotopic (exact) mass is 605 g/mol. The van der Waals surface area contributed by atoms with Gasteiger partial charge in [0.15, 0.2) is 16.3 Å². The van der Waals surface area contributed by atoms with E-state index in [0.717, 1.165) is 16.9 Å². The molecule has 0 spiro atoms. The first kappa shape index (κ1) is 28.8. The van der Waals surface area contributed by atoms with Gasteiger partial charge in [-0.05, 0) is 47.9 Å². The zero-order valence-electron chi connectivity index (χ0n) is 22.7. The van der Waals surface area contributed by atoms with Gasteiger partial charge in [-0.25, -0.2) is 9.79 Å². The highest BCUT2D eigenvalue weighted by molar-refractivity contribution is 7.07. The summed E-state index contributed by atoms with van der Waals surface area (Å²) in [5.41, 5.74) is 1.61. The Balaban J connectivity index is 1.62. The van der Waals surface area contributed by atoms with Crippen LogP contribution in [0.4, 0.5) is 5.69 Å². The Labute approximate surface area is 248 Å². The van der Waals surface area contributed by atoms with Crippen LogP contribution in [0.2, 0.25) is 5.02 Å². The van der Waals surface area contributed by atoms with Crippen LogP contribution in [-0.4, -0.2) is 29.7 Å². The Kier molecular flexibility index (Phi) is 8.23. The van der Waals surface area contributed by atoms with Gasteiger partial charge in [0.2, 0.25) is 0 Å². The zero-order valence-corrected chi connectivity index (χ0v) is 24.3. The topological polar surface area (TPSA) is 122 Å². The molecule has 0 saturated heterocycles. The van der Waals surface area contributed by atoms with Crippen LogP contribution in [0.15, 0.2) is 87.8 Å². The quantitative estimate of drug-likeness (QED) is 0.164. The standard InChI is InChI=1S/C30H24ClN3O7S/c1-17-26(29(36)40-3)27(20-10-11-21(31)22(15-20)34(37)38)33-28(35)25(42-30(33)32-17)14-19-9-12-23(39-2)24(13-19)41-16-18-7-5-4-6-8-18/h4-15,27H,16H2,1-3H3. The number of nitro benzene ring substituents is 1. The minimum absolute atomic E-state index is 0.0683. The van der Waals surface area contributed by atoms with Gasteiger partial charge in [-0.3, -0.25) is 19.5 Å². The second kappa shape index (κ2) is 12.0. The summed E-state index contributed by atoms with van der Waals surface area (Å²) in [7, 11) is 2.76. The van der Waals surface area contributed by atoms with Gasteiger partial charge in [0.1, 0.15) is 11.6 Å². The van der Waals surface area contributed by atoms with Gasteiger partial charge >= 0.3 is 5.97 Å². The Hall–Kier alpha value is -4.74. The molecule has 1 aliphatic heterocycles. The molecular formula is C30H24ClN3O7S. The third-order valence-corrected chi connectivity index (χ3v) is 7.93. The lowest BCUT2D eigenvalue weighted by Gasteiger charge is -2.24. The van der Waals surface area contributed by atoms with Crippen LogP contribution in [0.5, 0.6) is 11.5 Å². The highest BCUT2D eigenvalue weighted by Gasteiger charge is 2.34. The molecule has 214 valence electrons. The van der Waals surface area contributed by atoms with Crippen molar-refractivity contribution in [2.24, 2.45) is 4.99 Å². The lowest BCUT2D eigenvalue weighted by Crippen LogP contribution is -2.39. The van der Waals surface area contributed by atoms with Crippen LogP contribution in [0.25, 0.3) is 6.08 Å². The van der Waals surface area contributed by atoms with E-state index in [1.807, 2.05) is 30.3 Å². The molecule has 0 aliphatic carbocycles. The van der Waals surface area contributed by atoms with Crippen molar-refractivity contribution in [3.63, 3.8) is 0 Å². The summed E-state index contributed by atoms with van der Waals surface area (Å²) in [5, 5.41) is 11.6. The highest BCUT2D eigenvalue weighted by atomic mass is 35.5. The van der Waals surface area contributed by atoms with E-state index in [4.69, 9.17) is 25.8 Å². The van der Waals surface area contributed by atoms with Gasteiger partial charge in [-0.2, -0.15) is 0 Å². The molecule has 0 saturated carbocycles. The molecule has 1 atom stereocenters.